The van der Waals surface area contributed by atoms with Crippen molar-refractivity contribution in [2.45, 2.75) is 19.5 Å². The Morgan fingerprint density at radius 3 is 2.52 bits per heavy atom. The van der Waals surface area contributed by atoms with Gasteiger partial charge in [0.25, 0.3) is 0 Å². The smallest absolute Gasteiger partial charge is 0.406 e. The van der Waals surface area contributed by atoms with Crippen molar-refractivity contribution >= 4 is 17.7 Å². The third kappa shape index (κ3) is 5.72. The molecule has 0 aliphatic heterocycles. The number of carbonyl (C=O) groups is 2. The van der Waals surface area contributed by atoms with E-state index < -0.39 is 24.7 Å². The number of amides is 2. The first-order valence-corrected chi connectivity index (χ1v) is 6.19. The number of nitrogens with one attached hydrogen (secondary N) is 1. The number of hydrogen-bond acceptors (Lipinski definition) is 2. The van der Waals surface area contributed by atoms with E-state index in [1.165, 1.54) is 24.3 Å². The topological polar surface area (TPSA) is 69.6 Å². The van der Waals surface area contributed by atoms with E-state index in [-0.39, 0.29) is 17.8 Å². The lowest BCUT2D eigenvalue weighted by atomic mass is 10.2. The molecule has 21 heavy (non-hydrogen) atoms. The Kier molecular flexibility index (Phi) is 5.57. The summed E-state index contributed by atoms with van der Waals surface area (Å²) in [6, 6.07) is 4.38. The zero-order chi connectivity index (χ0) is 16.0. The van der Waals surface area contributed by atoms with Gasteiger partial charge in [-0.25, -0.2) is 9.59 Å². The highest BCUT2D eigenvalue weighted by molar-refractivity contribution is 5.93. The molecule has 1 aromatic carbocycles. The van der Waals surface area contributed by atoms with E-state index in [9.17, 15) is 22.8 Å². The fourth-order valence-corrected chi connectivity index (χ4v) is 1.67. The van der Waals surface area contributed by atoms with Crippen molar-refractivity contribution in [1.29, 1.82) is 0 Å². The van der Waals surface area contributed by atoms with Gasteiger partial charge in [-0.15, -0.1) is 0 Å². The van der Waals surface area contributed by atoms with Gasteiger partial charge in [-0.05, 0) is 24.6 Å². The van der Waals surface area contributed by atoms with Crippen molar-refractivity contribution < 1.29 is 27.9 Å². The molecule has 0 bridgehead atoms. The van der Waals surface area contributed by atoms with Crippen LogP contribution in [0.1, 0.15) is 23.7 Å². The van der Waals surface area contributed by atoms with Crippen molar-refractivity contribution in [1.82, 2.24) is 4.90 Å². The number of benzene rings is 1. The maximum absolute atomic E-state index is 12.4. The Balaban J connectivity index is 2.81. The monoisotopic (exact) mass is 304 g/mol. The highest BCUT2D eigenvalue weighted by Crippen LogP contribution is 2.18. The molecule has 2 amide bonds. The van der Waals surface area contributed by atoms with E-state index in [0.717, 1.165) is 0 Å². The van der Waals surface area contributed by atoms with Crippen LogP contribution in [0.15, 0.2) is 24.3 Å². The number of rotatable bonds is 5. The van der Waals surface area contributed by atoms with Crippen LogP contribution in [0.25, 0.3) is 0 Å². The number of carbonyl (C=O) groups excluding carboxylic acids is 1. The minimum absolute atomic E-state index is 0.0516. The molecule has 0 aromatic heterocycles. The molecule has 0 radical (unpaired) electrons. The maximum atomic E-state index is 12.4. The first kappa shape index (κ1) is 16.8. The number of aromatic carboxylic acids is 1. The summed E-state index contributed by atoms with van der Waals surface area (Å²) < 4.78 is 37.2. The van der Waals surface area contributed by atoms with E-state index >= 15 is 0 Å². The number of urea groups is 1. The van der Waals surface area contributed by atoms with E-state index in [1.54, 1.807) is 6.92 Å². The zero-order valence-corrected chi connectivity index (χ0v) is 11.3. The first-order chi connectivity index (χ1) is 9.73. The van der Waals surface area contributed by atoms with Crippen LogP contribution in [-0.2, 0) is 0 Å². The van der Waals surface area contributed by atoms with Crippen LogP contribution in [0.4, 0.5) is 23.7 Å². The van der Waals surface area contributed by atoms with Crippen molar-refractivity contribution in [3.05, 3.63) is 29.8 Å². The molecule has 116 valence electrons. The summed E-state index contributed by atoms with van der Waals surface area (Å²) >= 11 is 0. The minimum atomic E-state index is -4.49. The average molecular weight is 304 g/mol. The fraction of sp³-hybridized carbons (Fsp3) is 0.385. The summed E-state index contributed by atoms with van der Waals surface area (Å²) in [6.07, 6.45) is -4.12. The van der Waals surface area contributed by atoms with Crippen LogP contribution in [0.5, 0.6) is 0 Å². The molecule has 1 aromatic rings. The van der Waals surface area contributed by atoms with Gasteiger partial charge in [0, 0.05) is 12.2 Å². The summed E-state index contributed by atoms with van der Waals surface area (Å²) in [7, 11) is 0. The summed E-state index contributed by atoms with van der Waals surface area (Å²) in [5, 5.41) is 11.1. The predicted molar refractivity (Wildman–Crippen MR) is 70.3 cm³/mol. The Bertz CT molecular complexity index is 518. The quantitative estimate of drug-likeness (QED) is 0.877. The van der Waals surface area contributed by atoms with Gasteiger partial charge in [0.15, 0.2) is 0 Å². The number of nitrogens with zero attached hydrogens (tertiary/aromatic N) is 1. The molecular formula is C13H15F3N2O3. The fourth-order valence-electron chi connectivity index (χ4n) is 1.67. The minimum Gasteiger partial charge on any atom is -0.478 e. The molecule has 1 rings (SSSR count). The molecule has 0 aliphatic rings. The van der Waals surface area contributed by atoms with Gasteiger partial charge in [-0.2, -0.15) is 13.2 Å². The lowest BCUT2D eigenvalue weighted by molar-refractivity contribution is -0.139. The first-order valence-electron chi connectivity index (χ1n) is 6.19. The number of hydrogen-bond donors (Lipinski definition) is 2. The lowest BCUT2D eigenvalue weighted by Crippen LogP contribution is -2.41. The number of carboxylic acids is 1. The third-order valence-corrected chi connectivity index (χ3v) is 2.51. The number of anilines is 1. The molecule has 0 heterocycles. The van der Waals surface area contributed by atoms with Crippen LogP contribution in [0.2, 0.25) is 0 Å². The normalized spacial score (nSPS) is 11.0. The SMILES string of the molecule is CCCN(CC(F)(F)F)C(=O)Nc1cccc(C(=O)O)c1. The summed E-state index contributed by atoms with van der Waals surface area (Å²) in [6.45, 7) is 0.247. The molecule has 8 heteroatoms. The molecule has 0 fully saturated rings. The second-order valence-corrected chi connectivity index (χ2v) is 4.35. The molecule has 0 atom stereocenters. The molecular weight excluding hydrogens is 289 g/mol. The largest absolute Gasteiger partial charge is 0.478 e. The summed E-state index contributed by atoms with van der Waals surface area (Å²) in [5.41, 5.74) is 0.0637. The predicted octanol–water partition coefficient (Wildman–Crippen LogP) is 3.19. The van der Waals surface area contributed by atoms with Crippen LogP contribution in [0, 0.1) is 0 Å². The van der Waals surface area contributed by atoms with E-state index in [2.05, 4.69) is 5.32 Å². The molecule has 2 N–H and O–H groups in total. The van der Waals surface area contributed by atoms with Crippen molar-refractivity contribution in [2.24, 2.45) is 0 Å². The Morgan fingerprint density at radius 2 is 2.00 bits per heavy atom. The molecule has 0 saturated heterocycles. The van der Waals surface area contributed by atoms with Crippen LogP contribution >= 0.6 is 0 Å². The molecule has 0 aliphatic carbocycles. The van der Waals surface area contributed by atoms with Gasteiger partial charge in [-0.3, -0.25) is 0 Å². The van der Waals surface area contributed by atoms with E-state index in [0.29, 0.717) is 11.3 Å². The molecule has 0 saturated carbocycles. The van der Waals surface area contributed by atoms with Crippen molar-refractivity contribution in [3.63, 3.8) is 0 Å². The average Bonchev–Trinajstić information content (AvgIpc) is 2.37. The van der Waals surface area contributed by atoms with Gasteiger partial charge in [0.2, 0.25) is 0 Å². The zero-order valence-electron chi connectivity index (χ0n) is 11.3. The standard InChI is InChI=1S/C13H15F3N2O3/c1-2-6-18(8-13(14,15)16)12(21)17-10-5-3-4-9(7-10)11(19)20/h3-5,7H,2,6,8H2,1H3,(H,17,21)(H,19,20). The molecule has 5 nitrogen and oxygen atoms in total. The van der Waals surface area contributed by atoms with E-state index in [1.807, 2.05) is 0 Å². The third-order valence-electron chi connectivity index (χ3n) is 2.51. The molecule has 0 unspecified atom stereocenters. The van der Waals surface area contributed by atoms with Gasteiger partial charge < -0.3 is 15.3 Å². The second kappa shape index (κ2) is 6.96. The van der Waals surface area contributed by atoms with Crippen LogP contribution in [0.3, 0.4) is 0 Å². The number of alkyl halides is 3. The number of halogens is 3. The Morgan fingerprint density at radius 1 is 1.33 bits per heavy atom. The van der Waals surface area contributed by atoms with Crippen molar-refractivity contribution in [2.75, 3.05) is 18.4 Å². The summed E-state index contributed by atoms with van der Waals surface area (Å²) in [5.74, 6) is -1.19. The summed E-state index contributed by atoms with van der Waals surface area (Å²) in [4.78, 5) is 23.3. The lowest BCUT2D eigenvalue weighted by Gasteiger charge is -2.23. The highest BCUT2D eigenvalue weighted by Gasteiger charge is 2.32. The van der Waals surface area contributed by atoms with Crippen LogP contribution < -0.4 is 5.32 Å². The van der Waals surface area contributed by atoms with Gasteiger partial charge in [-0.1, -0.05) is 13.0 Å². The van der Waals surface area contributed by atoms with Gasteiger partial charge >= 0.3 is 18.2 Å². The number of carboxylic acid groups (broad SMARTS) is 1. The van der Waals surface area contributed by atoms with Crippen LogP contribution in [-0.4, -0.2) is 41.3 Å². The Labute approximate surface area is 119 Å². The second-order valence-electron chi connectivity index (χ2n) is 4.35. The molecule has 0 spiro atoms. The van der Waals surface area contributed by atoms with Gasteiger partial charge in [0.05, 0.1) is 5.56 Å². The Hall–Kier alpha value is -2.25. The van der Waals surface area contributed by atoms with Gasteiger partial charge in [0.1, 0.15) is 6.54 Å². The van der Waals surface area contributed by atoms with Crippen molar-refractivity contribution in [3.8, 4) is 0 Å². The maximum Gasteiger partial charge on any atom is 0.406 e. The highest BCUT2D eigenvalue weighted by atomic mass is 19.4. The van der Waals surface area contributed by atoms with E-state index in [4.69, 9.17) is 5.11 Å².